The molecule has 2 heteroatoms. The number of carbonyl (C=O) groups excluding carboxylic acids is 1. The molecule has 1 nitrogen and oxygen atoms in total. The lowest BCUT2D eigenvalue weighted by Gasteiger charge is -2.12. The summed E-state index contributed by atoms with van der Waals surface area (Å²) in [4.78, 5) is 14.4. The second kappa shape index (κ2) is 6.95. The SMILES string of the molecule is CCCCC(CC)CC(=O)c1cc(C)c(C)s1. The van der Waals surface area contributed by atoms with E-state index in [1.807, 2.05) is 0 Å². The molecule has 0 fully saturated rings. The fourth-order valence-corrected chi connectivity index (χ4v) is 3.00. The van der Waals surface area contributed by atoms with Crippen molar-refractivity contribution in [2.45, 2.75) is 59.8 Å². The minimum atomic E-state index is 0.342. The van der Waals surface area contributed by atoms with Crippen molar-refractivity contribution in [3.63, 3.8) is 0 Å². The highest BCUT2D eigenvalue weighted by Crippen LogP contribution is 2.25. The van der Waals surface area contributed by atoms with Gasteiger partial charge in [-0.1, -0.05) is 39.5 Å². The molecule has 1 rings (SSSR count). The van der Waals surface area contributed by atoms with Crippen molar-refractivity contribution in [3.05, 3.63) is 21.4 Å². The lowest BCUT2D eigenvalue weighted by atomic mass is 9.93. The third-order valence-electron chi connectivity index (χ3n) is 3.46. The van der Waals surface area contributed by atoms with E-state index in [1.165, 1.54) is 29.7 Å². The monoisotopic (exact) mass is 252 g/mol. The van der Waals surface area contributed by atoms with Crippen molar-refractivity contribution < 1.29 is 4.79 Å². The van der Waals surface area contributed by atoms with Crippen LogP contribution in [-0.2, 0) is 0 Å². The Morgan fingerprint density at radius 1 is 1.35 bits per heavy atom. The van der Waals surface area contributed by atoms with E-state index in [0.717, 1.165) is 17.7 Å². The van der Waals surface area contributed by atoms with Crippen LogP contribution in [0, 0.1) is 19.8 Å². The molecular weight excluding hydrogens is 228 g/mol. The molecule has 0 aliphatic rings. The summed E-state index contributed by atoms with van der Waals surface area (Å²) >= 11 is 1.65. The van der Waals surface area contributed by atoms with Gasteiger partial charge in [0.25, 0.3) is 0 Å². The predicted octanol–water partition coefficient (Wildman–Crippen LogP) is 5.15. The molecule has 0 aliphatic carbocycles. The van der Waals surface area contributed by atoms with Gasteiger partial charge in [0.2, 0.25) is 0 Å². The summed E-state index contributed by atoms with van der Waals surface area (Å²) in [6.07, 6.45) is 5.52. The van der Waals surface area contributed by atoms with E-state index in [1.54, 1.807) is 11.3 Å². The first-order chi connectivity index (χ1) is 8.08. The van der Waals surface area contributed by atoms with Gasteiger partial charge in [0.15, 0.2) is 5.78 Å². The highest BCUT2D eigenvalue weighted by atomic mass is 32.1. The summed E-state index contributed by atoms with van der Waals surface area (Å²) in [6, 6.07) is 2.05. The molecule has 0 aliphatic heterocycles. The number of hydrogen-bond acceptors (Lipinski definition) is 2. The van der Waals surface area contributed by atoms with Gasteiger partial charge in [-0.05, 0) is 31.4 Å². The van der Waals surface area contributed by atoms with Gasteiger partial charge in [-0.2, -0.15) is 0 Å². The maximum Gasteiger partial charge on any atom is 0.173 e. The zero-order chi connectivity index (χ0) is 12.8. The summed E-state index contributed by atoms with van der Waals surface area (Å²) < 4.78 is 0. The molecule has 0 aromatic carbocycles. The van der Waals surface area contributed by atoms with Crippen LogP contribution in [0.3, 0.4) is 0 Å². The second-order valence-corrected chi connectivity index (χ2v) is 6.15. The predicted molar refractivity (Wildman–Crippen MR) is 76.0 cm³/mol. The maximum absolute atomic E-state index is 12.2. The third kappa shape index (κ3) is 4.27. The Labute approximate surface area is 109 Å². The first-order valence-electron chi connectivity index (χ1n) is 6.68. The van der Waals surface area contributed by atoms with Crippen LogP contribution in [0.1, 0.15) is 66.1 Å². The van der Waals surface area contributed by atoms with Crippen LogP contribution in [0.15, 0.2) is 6.07 Å². The topological polar surface area (TPSA) is 17.1 Å². The average molecular weight is 252 g/mol. The molecular formula is C15H24OS. The van der Waals surface area contributed by atoms with Gasteiger partial charge in [-0.25, -0.2) is 0 Å². The number of carbonyl (C=O) groups is 1. The molecule has 17 heavy (non-hydrogen) atoms. The number of hydrogen-bond donors (Lipinski definition) is 0. The Bertz CT molecular complexity index is 345. The van der Waals surface area contributed by atoms with E-state index in [4.69, 9.17) is 0 Å². The smallest absolute Gasteiger partial charge is 0.173 e. The molecule has 1 heterocycles. The summed E-state index contributed by atoms with van der Waals surface area (Å²) in [5.41, 5.74) is 1.25. The Balaban J connectivity index is 2.58. The van der Waals surface area contributed by atoms with Crippen molar-refractivity contribution in [1.29, 1.82) is 0 Å². The molecule has 0 saturated heterocycles. The summed E-state index contributed by atoms with van der Waals surface area (Å²) in [5, 5.41) is 0. The van der Waals surface area contributed by atoms with Gasteiger partial charge in [-0.15, -0.1) is 11.3 Å². The molecule has 0 bridgehead atoms. The van der Waals surface area contributed by atoms with Gasteiger partial charge in [0.05, 0.1) is 4.88 Å². The molecule has 1 aromatic rings. The molecule has 1 aromatic heterocycles. The van der Waals surface area contributed by atoms with E-state index in [2.05, 4.69) is 33.8 Å². The molecule has 1 atom stereocenters. The van der Waals surface area contributed by atoms with Gasteiger partial charge >= 0.3 is 0 Å². The summed E-state index contributed by atoms with van der Waals surface area (Å²) in [7, 11) is 0. The molecule has 0 radical (unpaired) electrons. The van der Waals surface area contributed by atoms with E-state index in [0.29, 0.717) is 11.7 Å². The van der Waals surface area contributed by atoms with Gasteiger partial charge in [0, 0.05) is 11.3 Å². The lowest BCUT2D eigenvalue weighted by Crippen LogP contribution is -2.07. The largest absolute Gasteiger partial charge is 0.293 e. The second-order valence-electron chi connectivity index (χ2n) is 4.89. The van der Waals surface area contributed by atoms with Crippen molar-refractivity contribution in [3.8, 4) is 0 Å². The van der Waals surface area contributed by atoms with Gasteiger partial charge in [0.1, 0.15) is 0 Å². The van der Waals surface area contributed by atoms with Crippen LogP contribution in [0.5, 0.6) is 0 Å². The Morgan fingerprint density at radius 2 is 2.06 bits per heavy atom. The summed E-state index contributed by atoms with van der Waals surface area (Å²) in [6.45, 7) is 8.57. The van der Waals surface area contributed by atoms with Crippen molar-refractivity contribution in [2.24, 2.45) is 5.92 Å². The van der Waals surface area contributed by atoms with Crippen LogP contribution in [0.25, 0.3) is 0 Å². The number of aryl methyl sites for hydroxylation is 2. The molecule has 0 amide bonds. The number of Topliss-reactive ketones (excluding diaryl/α,β-unsaturated/α-hetero) is 1. The normalized spacial score (nSPS) is 12.7. The molecule has 96 valence electrons. The van der Waals surface area contributed by atoms with Crippen LogP contribution in [0.2, 0.25) is 0 Å². The molecule has 0 spiro atoms. The van der Waals surface area contributed by atoms with E-state index in [9.17, 15) is 4.79 Å². The first kappa shape index (κ1) is 14.4. The van der Waals surface area contributed by atoms with E-state index < -0.39 is 0 Å². The number of unbranched alkanes of at least 4 members (excludes halogenated alkanes) is 1. The number of ketones is 1. The van der Waals surface area contributed by atoms with E-state index in [-0.39, 0.29) is 0 Å². The average Bonchev–Trinajstić information content (AvgIpc) is 2.65. The van der Waals surface area contributed by atoms with Gasteiger partial charge < -0.3 is 0 Å². The fourth-order valence-electron chi connectivity index (χ4n) is 2.02. The number of rotatable bonds is 7. The third-order valence-corrected chi connectivity index (χ3v) is 4.65. The van der Waals surface area contributed by atoms with Crippen LogP contribution < -0.4 is 0 Å². The van der Waals surface area contributed by atoms with Crippen LogP contribution >= 0.6 is 11.3 Å². The molecule has 1 unspecified atom stereocenters. The quantitative estimate of drug-likeness (QED) is 0.613. The minimum absolute atomic E-state index is 0.342. The molecule has 0 saturated carbocycles. The Morgan fingerprint density at radius 3 is 2.53 bits per heavy atom. The highest BCUT2D eigenvalue weighted by molar-refractivity contribution is 7.14. The highest BCUT2D eigenvalue weighted by Gasteiger charge is 2.15. The molecule has 0 N–H and O–H groups in total. The maximum atomic E-state index is 12.2. The first-order valence-corrected chi connectivity index (χ1v) is 7.50. The van der Waals surface area contributed by atoms with Crippen molar-refractivity contribution >= 4 is 17.1 Å². The van der Waals surface area contributed by atoms with Crippen LogP contribution in [0.4, 0.5) is 0 Å². The standard InChI is InChI=1S/C15H24OS/c1-5-7-8-13(6-2)10-14(16)15-9-11(3)12(4)17-15/h9,13H,5-8,10H2,1-4H3. The van der Waals surface area contributed by atoms with Crippen molar-refractivity contribution in [1.82, 2.24) is 0 Å². The van der Waals surface area contributed by atoms with Gasteiger partial charge in [-0.3, -0.25) is 4.79 Å². The zero-order valence-electron chi connectivity index (χ0n) is 11.5. The Kier molecular flexibility index (Phi) is 5.90. The summed E-state index contributed by atoms with van der Waals surface area (Å²) in [5.74, 6) is 0.916. The number of thiophene rings is 1. The van der Waals surface area contributed by atoms with E-state index >= 15 is 0 Å². The van der Waals surface area contributed by atoms with Crippen molar-refractivity contribution in [2.75, 3.05) is 0 Å². The lowest BCUT2D eigenvalue weighted by molar-refractivity contribution is 0.0961. The van der Waals surface area contributed by atoms with Crippen LogP contribution in [-0.4, -0.2) is 5.78 Å². The fraction of sp³-hybridized carbons (Fsp3) is 0.667. The minimum Gasteiger partial charge on any atom is -0.293 e. The Hall–Kier alpha value is -0.630. The zero-order valence-corrected chi connectivity index (χ0v) is 12.3.